The van der Waals surface area contributed by atoms with E-state index >= 15 is 0 Å². The molecule has 1 aliphatic rings. The summed E-state index contributed by atoms with van der Waals surface area (Å²) in [7, 11) is 0. The van der Waals surface area contributed by atoms with Crippen molar-refractivity contribution in [1.29, 1.82) is 0 Å². The highest BCUT2D eigenvalue weighted by atomic mass is 19.1. The average molecular weight is 408 g/mol. The van der Waals surface area contributed by atoms with E-state index in [2.05, 4.69) is 0 Å². The normalized spacial score (nSPS) is 13.9. The highest BCUT2D eigenvalue weighted by Gasteiger charge is 2.25. The van der Waals surface area contributed by atoms with E-state index in [0.29, 0.717) is 43.2 Å². The summed E-state index contributed by atoms with van der Waals surface area (Å²) in [5.41, 5.74) is 1.86. The number of hydrogen-bond donors (Lipinski definition) is 0. The van der Waals surface area contributed by atoms with Crippen molar-refractivity contribution in [3.8, 4) is 5.75 Å². The van der Waals surface area contributed by atoms with Crippen LogP contribution in [-0.4, -0.2) is 37.0 Å². The number of halogens is 2. The van der Waals surface area contributed by atoms with Crippen molar-refractivity contribution in [1.82, 2.24) is 4.90 Å². The minimum Gasteiger partial charge on any atom is -0.488 e. The van der Waals surface area contributed by atoms with Gasteiger partial charge in [0.15, 0.2) is 0 Å². The van der Waals surface area contributed by atoms with Gasteiger partial charge in [0, 0.05) is 26.2 Å². The van der Waals surface area contributed by atoms with Crippen LogP contribution in [0.2, 0.25) is 0 Å². The molecule has 154 valence electrons. The van der Waals surface area contributed by atoms with Gasteiger partial charge in [-0.25, -0.2) is 8.78 Å². The first kappa shape index (κ1) is 19.9. The van der Waals surface area contributed by atoms with Crippen LogP contribution in [0.5, 0.6) is 5.75 Å². The smallest absolute Gasteiger partial charge is 0.257 e. The number of ether oxygens (including phenoxy) is 1. The minimum absolute atomic E-state index is 0.113. The Morgan fingerprint density at radius 2 is 1.50 bits per heavy atom. The lowest BCUT2D eigenvalue weighted by Gasteiger charge is -2.36. The summed E-state index contributed by atoms with van der Waals surface area (Å²) in [5.74, 6) is -0.179. The fourth-order valence-electron chi connectivity index (χ4n) is 3.54. The molecule has 0 bridgehead atoms. The van der Waals surface area contributed by atoms with Crippen LogP contribution in [0.4, 0.5) is 14.5 Å². The summed E-state index contributed by atoms with van der Waals surface area (Å²) in [4.78, 5) is 16.8. The van der Waals surface area contributed by atoms with Crippen LogP contribution >= 0.6 is 0 Å². The first-order valence-electron chi connectivity index (χ1n) is 9.87. The van der Waals surface area contributed by atoms with Crippen LogP contribution in [0, 0.1) is 11.6 Å². The maximum atomic E-state index is 14.0. The zero-order valence-electron chi connectivity index (χ0n) is 16.4. The van der Waals surface area contributed by atoms with Crippen molar-refractivity contribution < 1.29 is 18.3 Å². The van der Waals surface area contributed by atoms with E-state index in [4.69, 9.17) is 4.74 Å². The van der Waals surface area contributed by atoms with Crippen molar-refractivity contribution in [3.63, 3.8) is 0 Å². The van der Waals surface area contributed by atoms with Gasteiger partial charge < -0.3 is 14.5 Å². The molecule has 0 spiro atoms. The largest absolute Gasteiger partial charge is 0.488 e. The molecule has 0 aromatic heterocycles. The monoisotopic (exact) mass is 408 g/mol. The van der Waals surface area contributed by atoms with Crippen molar-refractivity contribution in [2.75, 3.05) is 31.1 Å². The number of rotatable bonds is 5. The van der Waals surface area contributed by atoms with E-state index in [1.165, 1.54) is 18.2 Å². The Balaban J connectivity index is 1.41. The second-order valence-electron chi connectivity index (χ2n) is 7.14. The molecule has 1 aliphatic heterocycles. The second kappa shape index (κ2) is 8.95. The maximum absolute atomic E-state index is 14.0. The van der Waals surface area contributed by atoms with Crippen molar-refractivity contribution in [2.45, 2.75) is 6.61 Å². The van der Waals surface area contributed by atoms with Crippen molar-refractivity contribution in [3.05, 3.63) is 95.6 Å². The number of amides is 1. The van der Waals surface area contributed by atoms with Crippen molar-refractivity contribution >= 4 is 11.6 Å². The number of piperazine rings is 1. The number of carbonyl (C=O) groups is 1. The molecule has 4 rings (SSSR count). The molecule has 0 saturated carbocycles. The Hall–Kier alpha value is -3.41. The SMILES string of the molecule is O=C(c1ccccc1OCc1ccc(F)cc1)N1CCN(c2ccccc2F)CC1. The number of carbonyl (C=O) groups excluding carboxylic acids is 1. The summed E-state index contributed by atoms with van der Waals surface area (Å²) in [6.45, 7) is 2.36. The molecule has 1 fully saturated rings. The van der Waals surface area contributed by atoms with Gasteiger partial charge in [-0.15, -0.1) is 0 Å². The maximum Gasteiger partial charge on any atom is 0.257 e. The Morgan fingerprint density at radius 3 is 2.23 bits per heavy atom. The van der Waals surface area contributed by atoms with Gasteiger partial charge in [-0.1, -0.05) is 36.4 Å². The van der Waals surface area contributed by atoms with Gasteiger partial charge in [0.25, 0.3) is 5.91 Å². The number of benzene rings is 3. The molecule has 3 aromatic carbocycles. The molecule has 0 aliphatic carbocycles. The molecule has 6 heteroatoms. The number of anilines is 1. The quantitative estimate of drug-likeness (QED) is 0.623. The summed E-state index contributed by atoms with van der Waals surface area (Å²) in [6, 6.07) is 19.9. The summed E-state index contributed by atoms with van der Waals surface area (Å²) >= 11 is 0. The molecule has 30 heavy (non-hydrogen) atoms. The van der Waals surface area contributed by atoms with Gasteiger partial charge in [-0.3, -0.25) is 4.79 Å². The summed E-state index contributed by atoms with van der Waals surface area (Å²) < 4.78 is 33.0. The molecule has 1 saturated heterocycles. The summed E-state index contributed by atoms with van der Waals surface area (Å²) in [6.07, 6.45) is 0. The number of nitrogens with zero attached hydrogens (tertiary/aromatic N) is 2. The molecule has 0 unspecified atom stereocenters. The molecule has 4 nitrogen and oxygen atoms in total. The third-order valence-electron chi connectivity index (χ3n) is 5.19. The van der Waals surface area contributed by atoms with E-state index in [0.717, 1.165) is 5.56 Å². The van der Waals surface area contributed by atoms with Crippen LogP contribution in [0.15, 0.2) is 72.8 Å². The second-order valence-corrected chi connectivity index (χ2v) is 7.14. The van der Waals surface area contributed by atoms with Gasteiger partial charge in [0.05, 0.1) is 11.3 Å². The van der Waals surface area contributed by atoms with Crippen molar-refractivity contribution in [2.24, 2.45) is 0 Å². The van der Waals surface area contributed by atoms with Crippen LogP contribution < -0.4 is 9.64 Å². The highest BCUT2D eigenvalue weighted by Crippen LogP contribution is 2.24. The number of para-hydroxylation sites is 2. The van der Waals surface area contributed by atoms with Crippen LogP contribution in [0.1, 0.15) is 15.9 Å². The molecular formula is C24H22F2N2O2. The first-order valence-corrected chi connectivity index (χ1v) is 9.87. The highest BCUT2D eigenvalue weighted by molar-refractivity contribution is 5.97. The molecule has 1 heterocycles. The Labute approximate surface area is 174 Å². The van der Waals surface area contributed by atoms with Gasteiger partial charge in [-0.2, -0.15) is 0 Å². The predicted molar refractivity (Wildman–Crippen MR) is 112 cm³/mol. The van der Waals surface area contributed by atoms with Gasteiger partial charge in [0.1, 0.15) is 24.0 Å². The minimum atomic E-state index is -0.302. The fourth-order valence-corrected chi connectivity index (χ4v) is 3.54. The molecule has 1 amide bonds. The Morgan fingerprint density at radius 1 is 0.833 bits per heavy atom. The third kappa shape index (κ3) is 4.43. The first-order chi connectivity index (χ1) is 14.6. The fraction of sp³-hybridized carbons (Fsp3) is 0.208. The zero-order valence-corrected chi connectivity index (χ0v) is 16.4. The average Bonchev–Trinajstić information content (AvgIpc) is 2.79. The zero-order chi connectivity index (χ0) is 20.9. The molecule has 0 radical (unpaired) electrons. The molecule has 3 aromatic rings. The third-order valence-corrected chi connectivity index (χ3v) is 5.19. The van der Waals surface area contributed by atoms with Crippen LogP contribution in [0.25, 0.3) is 0 Å². The van der Waals surface area contributed by atoms with Gasteiger partial charge >= 0.3 is 0 Å². The van der Waals surface area contributed by atoms with Crippen LogP contribution in [0.3, 0.4) is 0 Å². The lowest BCUT2D eigenvalue weighted by atomic mass is 10.1. The number of hydrogen-bond acceptors (Lipinski definition) is 3. The lowest BCUT2D eigenvalue weighted by Crippen LogP contribution is -2.49. The molecule has 0 atom stereocenters. The Kier molecular flexibility index (Phi) is 5.93. The standard InChI is InChI=1S/C24H22F2N2O2/c25-19-11-9-18(10-12-19)17-30-23-8-4-1-5-20(23)24(29)28-15-13-27(14-16-28)22-7-3-2-6-21(22)26/h1-12H,13-17H2. The summed E-state index contributed by atoms with van der Waals surface area (Å²) in [5, 5.41) is 0. The molecule has 0 N–H and O–H groups in total. The van der Waals surface area contributed by atoms with E-state index < -0.39 is 0 Å². The van der Waals surface area contributed by atoms with Gasteiger partial charge in [-0.05, 0) is 42.0 Å². The predicted octanol–water partition coefficient (Wildman–Crippen LogP) is 4.51. The van der Waals surface area contributed by atoms with Crippen LogP contribution in [-0.2, 0) is 6.61 Å². The van der Waals surface area contributed by atoms with E-state index in [-0.39, 0.29) is 24.1 Å². The lowest BCUT2D eigenvalue weighted by molar-refractivity contribution is 0.0741. The van der Waals surface area contributed by atoms with Gasteiger partial charge in [0.2, 0.25) is 0 Å². The van der Waals surface area contributed by atoms with E-state index in [9.17, 15) is 13.6 Å². The Bertz CT molecular complexity index is 1020. The van der Waals surface area contributed by atoms with E-state index in [1.807, 2.05) is 17.0 Å². The van der Waals surface area contributed by atoms with E-state index in [1.54, 1.807) is 47.4 Å². The molecular weight excluding hydrogens is 386 g/mol. The topological polar surface area (TPSA) is 32.8 Å².